The van der Waals surface area contributed by atoms with Gasteiger partial charge in [0, 0.05) is 13.0 Å². The van der Waals surface area contributed by atoms with Gasteiger partial charge in [0.2, 0.25) is 0 Å². The van der Waals surface area contributed by atoms with E-state index in [2.05, 4.69) is 12.2 Å². The SMILES string of the molecule is CCCOC1CCCC(NC)(C(=O)O)C1. The minimum Gasteiger partial charge on any atom is -0.480 e. The fourth-order valence-electron chi connectivity index (χ4n) is 2.18. The highest BCUT2D eigenvalue weighted by molar-refractivity contribution is 5.79. The summed E-state index contributed by atoms with van der Waals surface area (Å²) in [4.78, 5) is 11.2. The second-order valence-corrected chi connectivity index (χ2v) is 4.23. The van der Waals surface area contributed by atoms with Gasteiger partial charge in [-0.05, 0) is 32.7 Å². The Morgan fingerprint density at radius 3 is 2.93 bits per heavy atom. The number of nitrogens with one attached hydrogen (secondary N) is 1. The van der Waals surface area contributed by atoms with Crippen molar-refractivity contribution in [1.82, 2.24) is 5.32 Å². The van der Waals surface area contributed by atoms with Crippen LogP contribution in [0.3, 0.4) is 0 Å². The molecule has 88 valence electrons. The molecule has 0 spiro atoms. The van der Waals surface area contributed by atoms with Gasteiger partial charge in [-0.15, -0.1) is 0 Å². The molecule has 0 heterocycles. The number of hydrogen-bond acceptors (Lipinski definition) is 3. The maximum absolute atomic E-state index is 11.2. The van der Waals surface area contributed by atoms with Crippen LogP contribution >= 0.6 is 0 Å². The predicted molar refractivity (Wildman–Crippen MR) is 57.9 cm³/mol. The van der Waals surface area contributed by atoms with Crippen molar-refractivity contribution in [1.29, 1.82) is 0 Å². The molecule has 1 rings (SSSR count). The third-order valence-electron chi connectivity index (χ3n) is 3.15. The maximum Gasteiger partial charge on any atom is 0.323 e. The van der Waals surface area contributed by atoms with Gasteiger partial charge in [-0.1, -0.05) is 6.92 Å². The summed E-state index contributed by atoms with van der Waals surface area (Å²) in [6, 6.07) is 0. The molecule has 2 unspecified atom stereocenters. The molecule has 0 aromatic rings. The van der Waals surface area contributed by atoms with Crippen LogP contribution in [-0.2, 0) is 9.53 Å². The van der Waals surface area contributed by atoms with E-state index in [1.165, 1.54) is 0 Å². The lowest BCUT2D eigenvalue weighted by molar-refractivity contribution is -0.148. The first-order valence-corrected chi connectivity index (χ1v) is 5.68. The van der Waals surface area contributed by atoms with Crippen LogP contribution in [0.25, 0.3) is 0 Å². The number of hydrogen-bond donors (Lipinski definition) is 2. The third-order valence-corrected chi connectivity index (χ3v) is 3.15. The maximum atomic E-state index is 11.2. The molecule has 15 heavy (non-hydrogen) atoms. The number of aliphatic carboxylic acids is 1. The minimum absolute atomic E-state index is 0.0993. The number of carboxylic acids is 1. The van der Waals surface area contributed by atoms with Gasteiger partial charge in [0.1, 0.15) is 5.54 Å². The van der Waals surface area contributed by atoms with Crippen LogP contribution in [0.15, 0.2) is 0 Å². The summed E-state index contributed by atoms with van der Waals surface area (Å²) in [5.74, 6) is -0.755. The molecule has 0 saturated heterocycles. The highest BCUT2D eigenvalue weighted by atomic mass is 16.5. The molecule has 1 aliphatic carbocycles. The number of rotatable bonds is 5. The summed E-state index contributed by atoms with van der Waals surface area (Å²) in [7, 11) is 1.72. The van der Waals surface area contributed by atoms with Crippen LogP contribution in [0.1, 0.15) is 39.0 Å². The van der Waals surface area contributed by atoms with Crippen molar-refractivity contribution in [2.24, 2.45) is 0 Å². The standard InChI is InChI=1S/C11H21NO3/c1-3-7-15-9-5-4-6-11(8-9,12-2)10(13)14/h9,12H,3-8H2,1-2H3,(H,13,14). The first-order valence-electron chi connectivity index (χ1n) is 5.68. The summed E-state index contributed by atoms with van der Waals surface area (Å²) < 4.78 is 5.64. The first-order chi connectivity index (χ1) is 7.14. The fraction of sp³-hybridized carbons (Fsp3) is 0.909. The van der Waals surface area contributed by atoms with Crippen LogP contribution in [0.2, 0.25) is 0 Å². The highest BCUT2D eigenvalue weighted by Crippen LogP contribution is 2.30. The normalized spacial score (nSPS) is 31.5. The minimum atomic E-state index is -0.767. The molecule has 0 aromatic carbocycles. The van der Waals surface area contributed by atoms with Gasteiger partial charge in [-0.2, -0.15) is 0 Å². The van der Waals surface area contributed by atoms with Crippen LogP contribution < -0.4 is 5.32 Å². The molecular formula is C11H21NO3. The Balaban J connectivity index is 2.56. The van der Waals surface area contributed by atoms with E-state index in [0.717, 1.165) is 25.9 Å². The number of carbonyl (C=O) groups is 1. The molecule has 2 atom stereocenters. The molecule has 1 fully saturated rings. The van der Waals surface area contributed by atoms with E-state index in [-0.39, 0.29) is 6.10 Å². The lowest BCUT2D eigenvalue weighted by Crippen LogP contribution is -2.54. The zero-order chi connectivity index (χ0) is 11.3. The van der Waals surface area contributed by atoms with E-state index < -0.39 is 11.5 Å². The molecule has 0 aliphatic heterocycles. The van der Waals surface area contributed by atoms with E-state index >= 15 is 0 Å². The van der Waals surface area contributed by atoms with Crippen molar-refractivity contribution in [2.45, 2.75) is 50.7 Å². The average molecular weight is 215 g/mol. The molecule has 1 aliphatic rings. The zero-order valence-corrected chi connectivity index (χ0v) is 9.58. The van der Waals surface area contributed by atoms with Crippen molar-refractivity contribution in [3.8, 4) is 0 Å². The highest BCUT2D eigenvalue weighted by Gasteiger charge is 2.41. The number of likely N-dealkylation sites (N-methyl/N-ethyl adjacent to an activating group) is 1. The smallest absolute Gasteiger partial charge is 0.323 e. The summed E-state index contributed by atoms with van der Waals surface area (Å²) in [6.45, 7) is 2.79. The van der Waals surface area contributed by atoms with Crippen molar-refractivity contribution < 1.29 is 14.6 Å². The first kappa shape index (κ1) is 12.5. The van der Waals surface area contributed by atoms with E-state index in [4.69, 9.17) is 4.74 Å². The summed E-state index contributed by atoms with van der Waals surface area (Å²) >= 11 is 0. The van der Waals surface area contributed by atoms with Gasteiger partial charge in [0.05, 0.1) is 6.10 Å². The van der Waals surface area contributed by atoms with Crippen LogP contribution in [0.4, 0.5) is 0 Å². The van der Waals surface area contributed by atoms with Gasteiger partial charge in [-0.25, -0.2) is 0 Å². The average Bonchev–Trinajstić information content (AvgIpc) is 2.26. The molecule has 4 heteroatoms. The van der Waals surface area contributed by atoms with Crippen molar-refractivity contribution in [3.05, 3.63) is 0 Å². The monoisotopic (exact) mass is 215 g/mol. The van der Waals surface area contributed by atoms with Gasteiger partial charge >= 0.3 is 5.97 Å². The second-order valence-electron chi connectivity index (χ2n) is 4.23. The molecule has 0 amide bonds. The molecule has 1 saturated carbocycles. The quantitative estimate of drug-likeness (QED) is 0.727. The Hall–Kier alpha value is -0.610. The van der Waals surface area contributed by atoms with Gasteiger partial charge in [0.25, 0.3) is 0 Å². The Morgan fingerprint density at radius 2 is 2.40 bits per heavy atom. The fourth-order valence-corrected chi connectivity index (χ4v) is 2.18. The molecule has 0 bridgehead atoms. The molecule has 4 nitrogen and oxygen atoms in total. The largest absolute Gasteiger partial charge is 0.480 e. The Kier molecular flexibility index (Phi) is 4.54. The van der Waals surface area contributed by atoms with Crippen LogP contribution in [0, 0.1) is 0 Å². The Morgan fingerprint density at radius 1 is 1.67 bits per heavy atom. The van der Waals surface area contributed by atoms with E-state index in [1.54, 1.807) is 7.05 Å². The lowest BCUT2D eigenvalue weighted by atomic mass is 9.80. The Labute approximate surface area is 91.0 Å². The Bertz CT molecular complexity index is 220. The molecular weight excluding hydrogens is 194 g/mol. The van der Waals surface area contributed by atoms with Gasteiger partial charge in [0.15, 0.2) is 0 Å². The van der Waals surface area contributed by atoms with Crippen molar-refractivity contribution >= 4 is 5.97 Å². The van der Waals surface area contributed by atoms with Gasteiger partial charge < -0.3 is 15.2 Å². The van der Waals surface area contributed by atoms with Gasteiger partial charge in [-0.3, -0.25) is 4.79 Å². The summed E-state index contributed by atoms with van der Waals surface area (Å²) in [5, 5.41) is 12.2. The van der Waals surface area contributed by atoms with Crippen LogP contribution in [-0.4, -0.2) is 36.4 Å². The van der Waals surface area contributed by atoms with E-state index in [0.29, 0.717) is 12.8 Å². The molecule has 0 radical (unpaired) electrons. The van der Waals surface area contributed by atoms with Crippen molar-refractivity contribution in [2.75, 3.05) is 13.7 Å². The van der Waals surface area contributed by atoms with Crippen LogP contribution in [0.5, 0.6) is 0 Å². The van der Waals surface area contributed by atoms with E-state index in [9.17, 15) is 9.90 Å². The topological polar surface area (TPSA) is 58.6 Å². The number of carboxylic acid groups (broad SMARTS) is 1. The number of ether oxygens (including phenoxy) is 1. The summed E-state index contributed by atoms with van der Waals surface area (Å²) in [6.07, 6.45) is 4.26. The summed E-state index contributed by atoms with van der Waals surface area (Å²) in [5.41, 5.74) is -0.767. The molecule has 0 aromatic heterocycles. The second kappa shape index (κ2) is 5.47. The third kappa shape index (κ3) is 2.92. The zero-order valence-electron chi connectivity index (χ0n) is 9.58. The lowest BCUT2D eigenvalue weighted by Gasteiger charge is -2.37. The van der Waals surface area contributed by atoms with E-state index in [1.807, 2.05) is 0 Å². The van der Waals surface area contributed by atoms with Crippen molar-refractivity contribution in [3.63, 3.8) is 0 Å². The molecule has 2 N–H and O–H groups in total. The predicted octanol–water partition coefficient (Wildman–Crippen LogP) is 1.40.